The molecule has 0 spiro atoms. The molecule has 2 N–H and O–H groups in total. The highest BCUT2D eigenvalue weighted by atomic mass is 35.5. The normalized spacial score (nSPS) is 16.4. The molecule has 0 saturated carbocycles. The maximum absolute atomic E-state index is 12.1. The molecular formula is C15H18ClN5O3. The summed E-state index contributed by atoms with van der Waals surface area (Å²) in [6, 6.07) is 8.02. The molecule has 8 nitrogen and oxygen atoms in total. The molecule has 24 heavy (non-hydrogen) atoms. The smallest absolute Gasteiger partial charge is 0.271 e. The fraction of sp³-hybridized carbons (Fsp3) is 0.333. The van der Waals surface area contributed by atoms with E-state index in [1.165, 1.54) is 16.8 Å². The van der Waals surface area contributed by atoms with Gasteiger partial charge in [0, 0.05) is 30.9 Å². The molecule has 1 aromatic carbocycles. The van der Waals surface area contributed by atoms with E-state index in [9.17, 15) is 14.9 Å². The Labute approximate surface area is 144 Å². The summed E-state index contributed by atoms with van der Waals surface area (Å²) < 4.78 is 1.45. The summed E-state index contributed by atoms with van der Waals surface area (Å²) >= 11 is 0. The number of nitro groups is 1. The van der Waals surface area contributed by atoms with Crippen molar-refractivity contribution in [2.24, 2.45) is 0 Å². The zero-order valence-electron chi connectivity index (χ0n) is 12.8. The van der Waals surface area contributed by atoms with E-state index in [-0.39, 0.29) is 29.7 Å². The summed E-state index contributed by atoms with van der Waals surface area (Å²) in [6.07, 6.45) is 3.80. The number of nitro benzene ring substituents is 1. The van der Waals surface area contributed by atoms with Gasteiger partial charge >= 0.3 is 0 Å². The number of amides is 1. The Morgan fingerprint density at radius 2 is 2.29 bits per heavy atom. The molecule has 2 heterocycles. The van der Waals surface area contributed by atoms with Gasteiger partial charge < -0.3 is 10.6 Å². The van der Waals surface area contributed by atoms with Crippen LogP contribution < -0.4 is 10.6 Å². The van der Waals surface area contributed by atoms with Gasteiger partial charge in [0.25, 0.3) is 11.6 Å². The summed E-state index contributed by atoms with van der Waals surface area (Å²) in [6.45, 7) is 1.56. The minimum Gasteiger partial charge on any atom is -0.349 e. The quantitative estimate of drug-likeness (QED) is 0.630. The van der Waals surface area contributed by atoms with Crippen molar-refractivity contribution in [3.05, 3.63) is 52.3 Å². The van der Waals surface area contributed by atoms with E-state index in [2.05, 4.69) is 15.7 Å². The molecule has 2 aromatic rings. The SMILES string of the molecule is Cl.O=C(NCC1CCCN1)c1ccn(-c2cccc([N+](=O)[O-])c2)n1. The van der Waals surface area contributed by atoms with Crippen LogP contribution in [0.4, 0.5) is 5.69 Å². The summed E-state index contributed by atoms with van der Waals surface area (Å²) in [5.74, 6) is -0.247. The minimum atomic E-state index is -0.463. The maximum Gasteiger partial charge on any atom is 0.271 e. The topological polar surface area (TPSA) is 102 Å². The fourth-order valence-corrected chi connectivity index (χ4v) is 2.58. The summed E-state index contributed by atoms with van der Waals surface area (Å²) in [7, 11) is 0. The van der Waals surface area contributed by atoms with Crippen LogP contribution in [0.2, 0.25) is 0 Å². The van der Waals surface area contributed by atoms with Crippen molar-refractivity contribution in [2.45, 2.75) is 18.9 Å². The third-order valence-corrected chi connectivity index (χ3v) is 3.80. The number of hydrogen-bond acceptors (Lipinski definition) is 5. The van der Waals surface area contributed by atoms with Gasteiger partial charge in [0.15, 0.2) is 5.69 Å². The molecule has 1 aliphatic heterocycles. The van der Waals surface area contributed by atoms with Crippen molar-refractivity contribution in [1.29, 1.82) is 0 Å². The van der Waals surface area contributed by atoms with Crippen molar-refractivity contribution < 1.29 is 9.72 Å². The van der Waals surface area contributed by atoms with Crippen molar-refractivity contribution >= 4 is 24.0 Å². The number of nitrogens with zero attached hydrogens (tertiary/aromatic N) is 3. The van der Waals surface area contributed by atoms with Crippen LogP contribution >= 0.6 is 12.4 Å². The highest BCUT2D eigenvalue weighted by Crippen LogP contribution is 2.16. The molecule has 3 rings (SSSR count). The average Bonchev–Trinajstić information content (AvgIpc) is 3.24. The first kappa shape index (κ1) is 17.9. The van der Waals surface area contributed by atoms with Crippen LogP contribution in [0.3, 0.4) is 0 Å². The zero-order valence-corrected chi connectivity index (χ0v) is 13.7. The summed E-state index contributed by atoms with van der Waals surface area (Å²) in [5.41, 5.74) is 0.807. The van der Waals surface area contributed by atoms with Crippen LogP contribution in [0, 0.1) is 10.1 Å². The molecule has 1 atom stereocenters. The Balaban J connectivity index is 0.00000208. The van der Waals surface area contributed by atoms with E-state index in [1.54, 1.807) is 24.4 Å². The van der Waals surface area contributed by atoms with Crippen molar-refractivity contribution in [3.63, 3.8) is 0 Å². The largest absolute Gasteiger partial charge is 0.349 e. The van der Waals surface area contributed by atoms with Crippen LogP contribution in [0.25, 0.3) is 5.69 Å². The van der Waals surface area contributed by atoms with E-state index in [0.29, 0.717) is 18.3 Å². The number of hydrogen-bond donors (Lipinski definition) is 2. The molecular weight excluding hydrogens is 334 g/mol. The van der Waals surface area contributed by atoms with E-state index in [4.69, 9.17) is 0 Å². The van der Waals surface area contributed by atoms with Crippen LogP contribution in [-0.2, 0) is 0 Å². The maximum atomic E-state index is 12.1. The molecule has 0 radical (unpaired) electrons. The second-order valence-electron chi connectivity index (χ2n) is 5.43. The Morgan fingerprint density at radius 3 is 3.00 bits per heavy atom. The molecule has 1 aromatic heterocycles. The number of rotatable bonds is 5. The molecule has 0 bridgehead atoms. The predicted molar refractivity (Wildman–Crippen MR) is 90.8 cm³/mol. The van der Waals surface area contributed by atoms with E-state index in [1.807, 2.05) is 0 Å². The number of carbonyl (C=O) groups is 1. The van der Waals surface area contributed by atoms with E-state index >= 15 is 0 Å². The van der Waals surface area contributed by atoms with Gasteiger partial charge in [-0.15, -0.1) is 12.4 Å². The van der Waals surface area contributed by atoms with Gasteiger partial charge in [-0.1, -0.05) is 6.07 Å². The summed E-state index contributed by atoms with van der Waals surface area (Å²) in [5, 5.41) is 21.2. The van der Waals surface area contributed by atoms with Crippen LogP contribution in [0.5, 0.6) is 0 Å². The monoisotopic (exact) mass is 351 g/mol. The molecule has 1 amide bonds. The molecule has 128 valence electrons. The van der Waals surface area contributed by atoms with Crippen molar-refractivity contribution in [2.75, 3.05) is 13.1 Å². The average molecular weight is 352 g/mol. The molecule has 1 saturated heterocycles. The van der Waals surface area contributed by atoms with Crippen LogP contribution in [0.1, 0.15) is 23.3 Å². The van der Waals surface area contributed by atoms with E-state index in [0.717, 1.165) is 19.4 Å². The van der Waals surface area contributed by atoms with Gasteiger partial charge in [0.05, 0.1) is 10.6 Å². The van der Waals surface area contributed by atoms with Gasteiger partial charge in [-0.2, -0.15) is 5.10 Å². The lowest BCUT2D eigenvalue weighted by Gasteiger charge is -2.10. The Morgan fingerprint density at radius 1 is 1.46 bits per heavy atom. The highest BCUT2D eigenvalue weighted by Gasteiger charge is 2.17. The lowest BCUT2D eigenvalue weighted by atomic mass is 10.2. The third kappa shape index (κ3) is 4.09. The Kier molecular flexibility index (Phi) is 5.88. The van der Waals surface area contributed by atoms with Crippen molar-refractivity contribution in [3.8, 4) is 5.69 Å². The molecule has 0 aliphatic carbocycles. The number of aromatic nitrogens is 2. The van der Waals surface area contributed by atoms with Gasteiger partial charge in [-0.05, 0) is 31.5 Å². The third-order valence-electron chi connectivity index (χ3n) is 3.80. The zero-order chi connectivity index (χ0) is 16.2. The number of nitrogens with one attached hydrogen (secondary N) is 2. The first-order chi connectivity index (χ1) is 11.1. The first-order valence-corrected chi connectivity index (χ1v) is 7.45. The van der Waals surface area contributed by atoms with Gasteiger partial charge in [0.2, 0.25) is 0 Å². The lowest BCUT2D eigenvalue weighted by molar-refractivity contribution is -0.384. The second-order valence-corrected chi connectivity index (χ2v) is 5.43. The number of halogens is 1. The van der Waals surface area contributed by atoms with Gasteiger partial charge in [0.1, 0.15) is 0 Å². The number of carbonyl (C=O) groups excluding carboxylic acids is 1. The Hall–Kier alpha value is -2.45. The number of benzene rings is 1. The molecule has 1 fully saturated rings. The second kappa shape index (κ2) is 7.89. The van der Waals surface area contributed by atoms with Gasteiger partial charge in [-0.25, -0.2) is 4.68 Å². The fourth-order valence-electron chi connectivity index (χ4n) is 2.58. The lowest BCUT2D eigenvalue weighted by Crippen LogP contribution is -2.37. The molecule has 9 heteroatoms. The van der Waals surface area contributed by atoms with Crippen LogP contribution in [0.15, 0.2) is 36.5 Å². The van der Waals surface area contributed by atoms with E-state index < -0.39 is 4.92 Å². The Bertz CT molecular complexity index is 727. The van der Waals surface area contributed by atoms with Crippen molar-refractivity contribution in [1.82, 2.24) is 20.4 Å². The highest BCUT2D eigenvalue weighted by molar-refractivity contribution is 5.92. The first-order valence-electron chi connectivity index (χ1n) is 7.45. The van der Waals surface area contributed by atoms with Gasteiger partial charge in [-0.3, -0.25) is 14.9 Å². The standard InChI is InChI=1S/C15H17N5O3.ClH/c21-15(17-10-11-3-2-7-16-11)14-6-8-19(18-14)12-4-1-5-13(9-12)20(22)23;/h1,4-6,8-9,11,16H,2-3,7,10H2,(H,17,21);1H. The minimum absolute atomic E-state index is 0. The summed E-state index contributed by atoms with van der Waals surface area (Å²) in [4.78, 5) is 22.4. The molecule has 1 aliphatic rings. The molecule has 1 unspecified atom stereocenters. The predicted octanol–water partition coefficient (Wildman–Crippen LogP) is 1.68. The number of non-ortho nitro benzene ring substituents is 1. The van der Waals surface area contributed by atoms with Crippen LogP contribution in [-0.4, -0.2) is 39.7 Å².